The van der Waals surface area contributed by atoms with Gasteiger partial charge in [-0.2, -0.15) is 17.0 Å². The summed E-state index contributed by atoms with van der Waals surface area (Å²) in [7, 11) is -5.39. The molecule has 2 unspecified atom stereocenters. The summed E-state index contributed by atoms with van der Waals surface area (Å²) >= 11 is 0. The number of carboxylic acids is 1. The molecule has 2 rings (SSSR count). The maximum Gasteiger partial charge on any atom is 0.451 e. The molecule has 0 bridgehead atoms. The molecule has 4 atom stereocenters. The number of nitrogens with zero attached hydrogens (tertiary/aromatic N) is 2. The van der Waals surface area contributed by atoms with E-state index in [-0.39, 0.29) is 44.0 Å². The van der Waals surface area contributed by atoms with E-state index in [1.54, 1.807) is 13.8 Å². The van der Waals surface area contributed by atoms with Gasteiger partial charge in [0.25, 0.3) is 10.2 Å². The van der Waals surface area contributed by atoms with Gasteiger partial charge in [0, 0.05) is 37.1 Å². The van der Waals surface area contributed by atoms with E-state index in [1.807, 2.05) is 0 Å². The van der Waals surface area contributed by atoms with Crippen molar-refractivity contribution < 1.29 is 28.4 Å². The summed E-state index contributed by atoms with van der Waals surface area (Å²) in [5.41, 5.74) is 10.2. The minimum atomic E-state index is -3.90. The molecule has 2 aliphatic rings. The lowest BCUT2D eigenvalue weighted by molar-refractivity contribution is -0.144. The highest BCUT2D eigenvalue weighted by molar-refractivity contribution is 7.86. The van der Waals surface area contributed by atoms with Gasteiger partial charge < -0.3 is 26.6 Å². The lowest BCUT2D eigenvalue weighted by Gasteiger charge is -2.31. The van der Waals surface area contributed by atoms with E-state index < -0.39 is 34.8 Å². The molecular formula is C14H29BN4O6S. The average Bonchev–Trinajstić information content (AvgIpc) is 3.06. The first-order valence-electron chi connectivity index (χ1n) is 8.83. The van der Waals surface area contributed by atoms with Crippen LogP contribution in [0.1, 0.15) is 33.1 Å². The van der Waals surface area contributed by atoms with Gasteiger partial charge >= 0.3 is 13.1 Å². The van der Waals surface area contributed by atoms with Crippen molar-refractivity contribution >= 4 is 23.3 Å². The fourth-order valence-electron chi connectivity index (χ4n) is 3.65. The summed E-state index contributed by atoms with van der Waals surface area (Å²) in [5.74, 6) is -1.88. The van der Waals surface area contributed by atoms with Crippen LogP contribution in [0.25, 0.3) is 0 Å². The molecule has 1 saturated carbocycles. The highest BCUT2D eigenvalue weighted by atomic mass is 32.2. The zero-order chi connectivity index (χ0) is 19.9. The Morgan fingerprint density at radius 2 is 2.00 bits per heavy atom. The minimum absolute atomic E-state index is 0.0160. The van der Waals surface area contributed by atoms with Crippen LogP contribution in [0.3, 0.4) is 0 Å². The van der Waals surface area contributed by atoms with Crippen molar-refractivity contribution in [2.24, 2.45) is 17.4 Å². The molecule has 150 valence electrons. The Morgan fingerprint density at radius 1 is 1.42 bits per heavy atom. The number of hydrogen-bond acceptors (Lipinski definition) is 7. The zero-order valence-electron chi connectivity index (χ0n) is 15.2. The molecule has 12 heteroatoms. The van der Waals surface area contributed by atoms with Gasteiger partial charge in [-0.15, -0.1) is 0 Å². The van der Waals surface area contributed by atoms with Crippen molar-refractivity contribution in [1.29, 1.82) is 0 Å². The van der Waals surface area contributed by atoms with Gasteiger partial charge in [-0.05, 0) is 33.0 Å². The van der Waals surface area contributed by atoms with Gasteiger partial charge in [0.05, 0.1) is 0 Å². The summed E-state index contributed by atoms with van der Waals surface area (Å²) in [6.45, 7) is 3.18. The van der Waals surface area contributed by atoms with E-state index in [0.717, 1.165) is 4.31 Å². The van der Waals surface area contributed by atoms with Crippen molar-refractivity contribution in [1.82, 2.24) is 8.61 Å². The first kappa shape index (κ1) is 21.5. The summed E-state index contributed by atoms with van der Waals surface area (Å²) in [4.78, 5) is 11.7. The number of nitrogens with two attached hydrogens (primary N) is 2. The third kappa shape index (κ3) is 4.21. The topological polar surface area (TPSA) is 170 Å². The number of carbonyl (C=O) groups is 1. The molecule has 10 nitrogen and oxygen atoms in total. The van der Waals surface area contributed by atoms with E-state index in [9.17, 15) is 18.3 Å². The summed E-state index contributed by atoms with van der Waals surface area (Å²) in [6.07, 6.45) is 1.28. The van der Waals surface area contributed by atoms with Gasteiger partial charge in [0.1, 0.15) is 5.54 Å². The molecule has 0 aromatic carbocycles. The van der Waals surface area contributed by atoms with E-state index in [1.165, 1.54) is 4.31 Å². The van der Waals surface area contributed by atoms with Crippen LogP contribution in [0.4, 0.5) is 0 Å². The Bertz CT molecular complexity index is 633. The minimum Gasteiger partial charge on any atom is -0.480 e. The molecule has 1 aliphatic carbocycles. The second-order valence-electron chi connectivity index (χ2n) is 7.64. The van der Waals surface area contributed by atoms with Crippen LogP contribution in [-0.4, -0.2) is 82.0 Å². The third-order valence-electron chi connectivity index (χ3n) is 5.24. The van der Waals surface area contributed by atoms with Crippen molar-refractivity contribution in [3.63, 3.8) is 0 Å². The van der Waals surface area contributed by atoms with Crippen LogP contribution in [0.5, 0.6) is 0 Å². The van der Waals surface area contributed by atoms with Crippen molar-refractivity contribution in [2.75, 3.05) is 13.1 Å². The predicted octanol–water partition coefficient (Wildman–Crippen LogP) is -1.99. The van der Waals surface area contributed by atoms with Crippen LogP contribution in [-0.2, 0) is 15.0 Å². The summed E-state index contributed by atoms with van der Waals surface area (Å²) < 4.78 is 28.7. The molecule has 2 fully saturated rings. The Kier molecular flexibility index (Phi) is 6.38. The Morgan fingerprint density at radius 3 is 2.42 bits per heavy atom. The van der Waals surface area contributed by atoms with Gasteiger partial charge in [-0.25, -0.2) is 0 Å². The number of carboxylic acid groups (broad SMARTS) is 1. The van der Waals surface area contributed by atoms with E-state index in [0.29, 0.717) is 12.8 Å². The van der Waals surface area contributed by atoms with Gasteiger partial charge in [0.2, 0.25) is 0 Å². The highest BCUT2D eigenvalue weighted by Gasteiger charge is 2.55. The first-order chi connectivity index (χ1) is 11.9. The normalized spacial score (nSPS) is 32.4. The van der Waals surface area contributed by atoms with Gasteiger partial charge in [-0.3, -0.25) is 4.79 Å². The number of aliphatic carboxylic acids is 1. The van der Waals surface area contributed by atoms with E-state index in [4.69, 9.17) is 21.5 Å². The Hall–Kier alpha value is -0.755. The van der Waals surface area contributed by atoms with Gasteiger partial charge in [-0.1, -0.05) is 6.42 Å². The molecule has 7 N–H and O–H groups in total. The highest BCUT2D eigenvalue weighted by Crippen LogP contribution is 2.37. The lowest BCUT2D eigenvalue weighted by Crippen LogP contribution is -2.56. The maximum absolute atomic E-state index is 13.1. The Balaban J connectivity index is 2.20. The molecule has 0 radical (unpaired) electrons. The maximum atomic E-state index is 13.1. The lowest BCUT2D eigenvalue weighted by atomic mass is 9.78. The van der Waals surface area contributed by atoms with E-state index in [2.05, 4.69) is 0 Å². The van der Waals surface area contributed by atoms with Crippen LogP contribution in [0.15, 0.2) is 0 Å². The first-order valence-corrected chi connectivity index (χ1v) is 10.2. The van der Waals surface area contributed by atoms with Crippen molar-refractivity contribution in [3.8, 4) is 0 Å². The number of rotatable bonds is 9. The monoisotopic (exact) mass is 392 g/mol. The molecule has 0 amide bonds. The predicted molar refractivity (Wildman–Crippen MR) is 96.1 cm³/mol. The fourth-order valence-corrected chi connectivity index (χ4v) is 5.78. The standard InChI is InChI=1S/C14H29BN4O6S/c1-9(2)19(12-6-11(12)16)26(24,25)18-7-10(4-3-5-15(22)23)14(17,8-18)13(20)21/h9-12,22-23H,3-8,16-17H2,1-2H3,(H,20,21)/t10-,11?,12?,14-/m0/s1. The summed E-state index contributed by atoms with van der Waals surface area (Å²) in [5, 5.41) is 27.5. The van der Waals surface area contributed by atoms with Crippen LogP contribution >= 0.6 is 0 Å². The van der Waals surface area contributed by atoms with Gasteiger partial charge in [0.15, 0.2) is 0 Å². The van der Waals surface area contributed by atoms with Crippen LogP contribution in [0.2, 0.25) is 6.32 Å². The largest absolute Gasteiger partial charge is 0.480 e. The molecule has 26 heavy (non-hydrogen) atoms. The Labute approximate surface area is 154 Å². The molecule has 1 aliphatic heterocycles. The molecule has 0 aromatic rings. The molecule has 0 aromatic heterocycles. The molecule has 0 spiro atoms. The van der Waals surface area contributed by atoms with Crippen LogP contribution in [0, 0.1) is 5.92 Å². The second kappa shape index (κ2) is 7.70. The molecule has 1 heterocycles. The number of hydrogen-bond donors (Lipinski definition) is 5. The average molecular weight is 392 g/mol. The zero-order valence-corrected chi connectivity index (χ0v) is 16.0. The molecule has 1 saturated heterocycles. The quantitative estimate of drug-likeness (QED) is 0.281. The smallest absolute Gasteiger partial charge is 0.451 e. The van der Waals surface area contributed by atoms with Crippen LogP contribution < -0.4 is 11.5 Å². The fraction of sp³-hybridized carbons (Fsp3) is 0.929. The SMILES string of the molecule is CC(C)N(C1CC1N)S(=O)(=O)N1C[C@H](CCCB(O)O)[C@](N)(C(=O)O)C1. The van der Waals surface area contributed by atoms with Crippen molar-refractivity contribution in [2.45, 2.75) is 63.1 Å². The third-order valence-corrected chi connectivity index (χ3v) is 7.39. The van der Waals surface area contributed by atoms with Crippen molar-refractivity contribution in [3.05, 3.63) is 0 Å². The van der Waals surface area contributed by atoms with E-state index >= 15 is 0 Å². The second-order valence-corrected chi connectivity index (χ2v) is 9.48. The molecular weight excluding hydrogens is 363 g/mol. The summed E-state index contributed by atoms with van der Waals surface area (Å²) in [6, 6.07) is -0.793.